The monoisotopic (exact) mass is 394 g/mol. The number of nitrogens with one attached hydrogen (secondary N) is 2. The molecule has 0 saturated carbocycles. The number of carbonyl (C=O) groups excluding carboxylic acids is 2. The summed E-state index contributed by atoms with van der Waals surface area (Å²) < 4.78 is 0. The minimum Gasteiger partial charge on any atom is -0.481 e. The number of hydroxylamine groups is 1. The second-order valence-electron chi connectivity index (χ2n) is 7.61. The van der Waals surface area contributed by atoms with Crippen LogP contribution in [-0.2, 0) is 20.8 Å². The van der Waals surface area contributed by atoms with E-state index in [9.17, 15) is 24.3 Å². The molecule has 0 fully saturated rings. The Morgan fingerprint density at radius 3 is 2.18 bits per heavy atom. The molecule has 0 aliphatic heterocycles. The standard InChI is InChI=1S/C19H26N2O7/c1-19(2,3)11-20-18(27)28-21-15(22)9-8-14(17(25)26)10-12-4-6-13(7-5-12)16(23)24/h4-7,14H,8-11H2,1-3H3,(H,20,27)(H,21,22)(H,23,24)(H,25,26). The number of amides is 2. The fraction of sp³-hybridized carbons (Fsp3) is 0.474. The molecule has 0 aliphatic carbocycles. The van der Waals surface area contributed by atoms with Gasteiger partial charge in [0.25, 0.3) is 5.91 Å². The van der Waals surface area contributed by atoms with E-state index in [-0.39, 0.29) is 30.2 Å². The molecule has 0 saturated heterocycles. The second kappa shape index (κ2) is 10.3. The summed E-state index contributed by atoms with van der Waals surface area (Å²) in [6, 6.07) is 5.88. The average Bonchev–Trinajstić information content (AvgIpc) is 2.61. The molecule has 0 radical (unpaired) electrons. The van der Waals surface area contributed by atoms with E-state index in [0.717, 1.165) is 0 Å². The largest absolute Gasteiger partial charge is 0.481 e. The van der Waals surface area contributed by atoms with Crippen LogP contribution in [0.3, 0.4) is 0 Å². The van der Waals surface area contributed by atoms with Crippen LogP contribution in [0.1, 0.15) is 49.5 Å². The molecule has 9 nitrogen and oxygen atoms in total. The van der Waals surface area contributed by atoms with Crippen LogP contribution in [0.2, 0.25) is 0 Å². The highest BCUT2D eigenvalue weighted by atomic mass is 16.7. The Morgan fingerprint density at radius 1 is 1.07 bits per heavy atom. The topological polar surface area (TPSA) is 142 Å². The summed E-state index contributed by atoms with van der Waals surface area (Å²) in [5.41, 5.74) is 2.61. The summed E-state index contributed by atoms with van der Waals surface area (Å²) in [5, 5.41) is 20.7. The third-order valence-corrected chi connectivity index (χ3v) is 3.77. The Bertz CT molecular complexity index is 708. The molecule has 0 aliphatic rings. The predicted molar refractivity (Wildman–Crippen MR) is 99.5 cm³/mol. The maximum absolute atomic E-state index is 11.8. The third kappa shape index (κ3) is 9.02. The molecule has 1 aromatic carbocycles. The van der Waals surface area contributed by atoms with E-state index in [0.29, 0.717) is 12.1 Å². The van der Waals surface area contributed by atoms with E-state index in [1.54, 1.807) is 12.1 Å². The lowest BCUT2D eigenvalue weighted by atomic mass is 9.94. The van der Waals surface area contributed by atoms with E-state index < -0.39 is 29.9 Å². The molecule has 9 heteroatoms. The van der Waals surface area contributed by atoms with Crippen molar-refractivity contribution in [1.82, 2.24) is 10.8 Å². The highest BCUT2D eigenvalue weighted by Crippen LogP contribution is 2.16. The molecule has 0 heterocycles. The molecular weight excluding hydrogens is 368 g/mol. The first kappa shape index (κ1) is 22.9. The Balaban J connectivity index is 2.45. The zero-order valence-corrected chi connectivity index (χ0v) is 16.2. The maximum atomic E-state index is 11.8. The number of carbonyl (C=O) groups is 4. The van der Waals surface area contributed by atoms with Gasteiger partial charge in [-0.05, 0) is 36.0 Å². The van der Waals surface area contributed by atoms with Gasteiger partial charge in [0, 0.05) is 13.0 Å². The molecular formula is C19H26N2O7. The second-order valence-corrected chi connectivity index (χ2v) is 7.61. The molecule has 1 rings (SSSR count). The number of carboxylic acid groups (broad SMARTS) is 2. The average molecular weight is 394 g/mol. The highest BCUT2D eigenvalue weighted by molar-refractivity contribution is 5.87. The Morgan fingerprint density at radius 2 is 1.68 bits per heavy atom. The van der Waals surface area contributed by atoms with Gasteiger partial charge in [-0.25, -0.2) is 9.59 Å². The zero-order valence-electron chi connectivity index (χ0n) is 16.2. The van der Waals surface area contributed by atoms with Gasteiger partial charge >= 0.3 is 18.0 Å². The van der Waals surface area contributed by atoms with Gasteiger partial charge in [-0.15, -0.1) is 0 Å². The fourth-order valence-electron chi connectivity index (χ4n) is 2.21. The zero-order chi connectivity index (χ0) is 21.3. The van der Waals surface area contributed by atoms with E-state index in [2.05, 4.69) is 10.2 Å². The molecule has 4 N–H and O–H groups in total. The van der Waals surface area contributed by atoms with Crippen molar-refractivity contribution in [3.8, 4) is 0 Å². The van der Waals surface area contributed by atoms with Crippen LogP contribution in [0, 0.1) is 11.3 Å². The third-order valence-electron chi connectivity index (χ3n) is 3.77. The fourth-order valence-corrected chi connectivity index (χ4v) is 2.21. The summed E-state index contributed by atoms with van der Waals surface area (Å²) in [4.78, 5) is 50.1. The SMILES string of the molecule is CC(C)(C)CNC(=O)ONC(=O)CCC(Cc1ccc(C(=O)O)cc1)C(=O)O. The Kier molecular flexibility index (Phi) is 8.43. The van der Waals surface area contributed by atoms with Crippen LogP contribution in [-0.4, -0.2) is 40.7 Å². The molecule has 0 spiro atoms. The number of carboxylic acids is 2. The van der Waals surface area contributed by atoms with Crippen molar-refractivity contribution in [3.63, 3.8) is 0 Å². The van der Waals surface area contributed by atoms with Gasteiger partial charge in [0.05, 0.1) is 11.5 Å². The quantitative estimate of drug-likeness (QED) is 0.495. The predicted octanol–water partition coefficient (Wildman–Crippen LogP) is 2.21. The summed E-state index contributed by atoms with van der Waals surface area (Å²) in [6.45, 7) is 6.14. The van der Waals surface area contributed by atoms with E-state index >= 15 is 0 Å². The van der Waals surface area contributed by atoms with Crippen LogP contribution in [0.15, 0.2) is 24.3 Å². The Labute approximate surface area is 163 Å². The first-order chi connectivity index (χ1) is 13.0. The summed E-state index contributed by atoms with van der Waals surface area (Å²) >= 11 is 0. The first-order valence-corrected chi connectivity index (χ1v) is 8.76. The van der Waals surface area contributed by atoms with Crippen molar-refractivity contribution in [3.05, 3.63) is 35.4 Å². The minimum absolute atomic E-state index is 0.0365. The number of aliphatic carboxylic acids is 1. The smallest absolute Gasteiger partial charge is 0.431 e. The number of benzene rings is 1. The van der Waals surface area contributed by atoms with Crippen molar-refractivity contribution in [2.45, 2.75) is 40.0 Å². The van der Waals surface area contributed by atoms with Gasteiger partial charge in [0.1, 0.15) is 0 Å². The lowest BCUT2D eigenvalue weighted by molar-refractivity contribution is -0.142. The molecule has 0 aromatic heterocycles. The molecule has 1 unspecified atom stereocenters. The van der Waals surface area contributed by atoms with Crippen LogP contribution in [0.5, 0.6) is 0 Å². The van der Waals surface area contributed by atoms with Crippen molar-refractivity contribution in [1.29, 1.82) is 0 Å². The van der Waals surface area contributed by atoms with Crippen molar-refractivity contribution in [2.75, 3.05) is 6.54 Å². The van der Waals surface area contributed by atoms with Gasteiger partial charge in [0.2, 0.25) is 0 Å². The van der Waals surface area contributed by atoms with Crippen molar-refractivity contribution < 1.29 is 34.2 Å². The van der Waals surface area contributed by atoms with E-state index in [4.69, 9.17) is 5.11 Å². The first-order valence-electron chi connectivity index (χ1n) is 8.76. The number of hydrogen-bond donors (Lipinski definition) is 4. The lowest BCUT2D eigenvalue weighted by Crippen LogP contribution is -2.37. The van der Waals surface area contributed by atoms with Crippen LogP contribution in [0.25, 0.3) is 0 Å². The Hall–Kier alpha value is -3.10. The van der Waals surface area contributed by atoms with Gasteiger partial charge in [-0.2, -0.15) is 5.48 Å². The van der Waals surface area contributed by atoms with Crippen molar-refractivity contribution >= 4 is 23.9 Å². The highest BCUT2D eigenvalue weighted by Gasteiger charge is 2.20. The molecule has 154 valence electrons. The molecule has 1 aromatic rings. The number of hydrogen-bond acceptors (Lipinski definition) is 5. The molecule has 0 bridgehead atoms. The summed E-state index contributed by atoms with van der Waals surface area (Å²) in [7, 11) is 0. The number of aromatic carboxylic acids is 1. The lowest BCUT2D eigenvalue weighted by Gasteiger charge is -2.18. The molecule has 1 atom stereocenters. The summed E-state index contributed by atoms with van der Waals surface area (Å²) in [5.74, 6) is -3.59. The van der Waals surface area contributed by atoms with Gasteiger partial charge < -0.3 is 20.4 Å². The van der Waals surface area contributed by atoms with Crippen LogP contribution in [0.4, 0.5) is 4.79 Å². The molecule has 28 heavy (non-hydrogen) atoms. The van der Waals surface area contributed by atoms with Crippen molar-refractivity contribution in [2.24, 2.45) is 11.3 Å². The summed E-state index contributed by atoms with van der Waals surface area (Å²) in [6.07, 6.45) is -0.752. The van der Waals surface area contributed by atoms with Crippen LogP contribution >= 0.6 is 0 Å². The maximum Gasteiger partial charge on any atom is 0.431 e. The minimum atomic E-state index is -1.07. The van der Waals surface area contributed by atoms with Crippen LogP contribution < -0.4 is 10.8 Å². The van der Waals surface area contributed by atoms with E-state index in [1.807, 2.05) is 26.3 Å². The van der Waals surface area contributed by atoms with Gasteiger partial charge in [-0.1, -0.05) is 32.9 Å². The normalized spacial score (nSPS) is 12.0. The van der Waals surface area contributed by atoms with Gasteiger partial charge in [0.15, 0.2) is 0 Å². The molecule has 2 amide bonds. The number of rotatable bonds is 8. The van der Waals surface area contributed by atoms with E-state index in [1.165, 1.54) is 12.1 Å². The van der Waals surface area contributed by atoms with Gasteiger partial charge in [-0.3, -0.25) is 9.59 Å².